The van der Waals surface area contributed by atoms with Crippen LogP contribution in [0.5, 0.6) is 11.5 Å². The van der Waals surface area contributed by atoms with Crippen LogP contribution in [0.15, 0.2) is 58.9 Å². The van der Waals surface area contributed by atoms with E-state index in [0.717, 1.165) is 21.3 Å². The number of aromatic hydroxyl groups is 1. The van der Waals surface area contributed by atoms with E-state index < -0.39 is 0 Å². The van der Waals surface area contributed by atoms with Crippen molar-refractivity contribution in [1.82, 2.24) is 5.32 Å². The van der Waals surface area contributed by atoms with Gasteiger partial charge in [0.15, 0.2) is 5.76 Å². The molecule has 0 atom stereocenters. The molecule has 2 N–H and O–H groups in total. The minimum absolute atomic E-state index is 0.159. The molecule has 0 saturated heterocycles. The first kappa shape index (κ1) is 18.6. The van der Waals surface area contributed by atoms with Crippen LogP contribution < -0.4 is 10.1 Å². The number of carbonyl (C=O) groups excluding carboxylic acids is 1. The molecule has 2 aromatic carbocycles. The number of hydrogen-bond acceptors (Lipinski definition) is 4. The van der Waals surface area contributed by atoms with Crippen molar-refractivity contribution in [3.8, 4) is 11.5 Å². The zero-order valence-corrected chi connectivity index (χ0v) is 15.4. The van der Waals surface area contributed by atoms with Crippen LogP contribution in [0.2, 0.25) is 0 Å². The topological polar surface area (TPSA) is 67.8 Å². The molecule has 0 radical (unpaired) electrons. The molecule has 25 heavy (non-hydrogen) atoms. The maximum atomic E-state index is 12.2. The second-order valence-corrected chi connectivity index (χ2v) is 5.86. The monoisotopic (exact) mass is 403 g/mol. The van der Waals surface area contributed by atoms with Crippen molar-refractivity contribution in [1.29, 1.82) is 0 Å². The van der Waals surface area contributed by atoms with Crippen LogP contribution in [-0.4, -0.2) is 25.2 Å². The summed E-state index contributed by atoms with van der Waals surface area (Å²) in [5.74, 6) is 0.680. The lowest BCUT2D eigenvalue weighted by Gasteiger charge is -2.06. The lowest BCUT2D eigenvalue weighted by molar-refractivity contribution is -0.119. The van der Waals surface area contributed by atoms with E-state index in [2.05, 4.69) is 21.2 Å². The average molecular weight is 404 g/mol. The molecule has 0 bridgehead atoms. The van der Waals surface area contributed by atoms with Crippen molar-refractivity contribution in [2.24, 2.45) is 0 Å². The van der Waals surface area contributed by atoms with E-state index in [1.165, 1.54) is 7.11 Å². The lowest BCUT2D eigenvalue weighted by atomic mass is 10.2. The summed E-state index contributed by atoms with van der Waals surface area (Å²) in [7, 11) is 3.03. The number of amides is 1. The largest absolute Gasteiger partial charge is 0.508 e. The highest BCUT2D eigenvalue weighted by atomic mass is 79.9. The fourth-order valence-corrected chi connectivity index (χ4v) is 2.57. The number of ether oxygens (including phenoxy) is 2. The summed E-state index contributed by atoms with van der Waals surface area (Å²) in [6, 6.07) is 12.0. The third-order valence-corrected chi connectivity index (χ3v) is 3.92. The van der Waals surface area contributed by atoms with Gasteiger partial charge in [0.1, 0.15) is 11.5 Å². The second-order valence-electron chi connectivity index (χ2n) is 5.01. The summed E-state index contributed by atoms with van der Waals surface area (Å²) in [5.41, 5.74) is 1.64. The molecule has 0 heterocycles. The number of phenols is 1. The summed E-state index contributed by atoms with van der Waals surface area (Å²) in [6.07, 6.45) is 4.89. The van der Waals surface area contributed by atoms with Crippen LogP contribution >= 0.6 is 15.9 Å². The van der Waals surface area contributed by atoms with Gasteiger partial charge in [-0.2, -0.15) is 0 Å². The normalized spacial score (nSPS) is 11.4. The molecule has 0 aliphatic carbocycles. The quantitative estimate of drug-likeness (QED) is 0.566. The van der Waals surface area contributed by atoms with Gasteiger partial charge in [0, 0.05) is 6.20 Å². The van der Waals surface area contributed by atoms with E-state index in [1.807, 2.05) is 18.2 Å². The Kier molecular flexibility index (Phi) is 6.65. The number of benzene rings is 2. The maximum Gasteiger partial charge on any atom is 0.290 e. The Morgan fingerprint density at radius 2 is 1.80 bits per heavy atom. The molecule has 6 heteroatoms. The summed E-state index contributed by atoms with van der Waals surface area (Å²) >= 11 is 3.41. The van der Waals surface area contributed by atoms with E-state index in [4.69, 9.17) is 9.47 Å². The number of carbonyl (C=O) groups is 1. The molecule has 0 aliphatic rings. The van der Waals surface area contributed by atoms with Crippen LogP contribution in [0.4, 0.5) is 0 Å². The first-order valence-corrected chi connectivity index (χ1v) is 8.18. The molecule has 2 rings (SSSR count). The third kappa shape index (κ3) is 5.39. The van der Waals surface area contributed by atoms with Crippen LogP contribution in [0.25, 0.3) is 12.2 Å². The van der Waals surface area contributed by atoms with Gasteiger partial charge in [-0.05, 0) is 63.5 Å². The summed E-state index contributed by atoms with van der Waals surface area (Å²) < 4.78 is 11.1. The van der Waals surface area contributed by atoms with Crippen molar-refractivity contribution < 1.29 is 19.4 Å². The highest BCUT2D eigenvalue weighted by Gasteiger charge is 2.08. The predicted molar refractivity (Wildman–Crippen MR) is 101 cm³/mol. The Bertz CT molecular complexity index is 798. The summed E-state index contributed by atoms with van der Waals surface area (Å²) in [4.78, 5) is 12.2. The Hall–Kier alpha value is -2.73. The molecule has 2 aromatic rings. The highest BCUT2D eigenvalue weighted by molar-refractivity contribution is 9.10. The van der Waals surface area contributed by atoms with Gasteiger partial charge in [-0.3, -0.25) is 4.79 Å². The number of phenolic OH excluding ortho intramolecular Hbond substituents is 1. The number of halogens is 1. The van der Waals surface area contributed by atoms with Crippen LogP contribution in [0.1, 0.15) is 11.1 Å². The van der Waals surface area contributed by atoms with E-state index in [-0.39, 0.29) is 17.4 Å². The third-order valence-electron chi connectivity index (χ3n) is 3.30. The molecular formula is C19H18BrNO4. The van der Waals surface area contributed by atoms with E-state index in [0.29, 0.717) is 0 Å². The standard InChI is InChI=1S/C19H18BrNO4/c1-24-17-8-5-14(11-16(17)20)9-10-21-19(23)18(25-2)12-13-3-6-15(22)7-4-13/h3-12,22H,1-2H3,(H,21,23)/b10-9+,18-12-. The van der Waals surface area contributed by atoms with Crippen molar-refractivity contribution in [2.45, 2.75) is 0 Å². The van der Waals surface area contributed by atoms with Crippen molar-refractivity contribution in [3.05, 3.63) is 70.0 Å². The fraction of sp³-hybridized carbons (Fsp3) is 0.105. The van der Waals surface area contributed by atoms with Crippen molar-refractivity contribution in [3.63, 3.8) is 0 Å². The first-order valence-electron chi connectivity index (χ1n) is 7.39. The number of methoxy groups -OCH3 is 2. The zero-order valence-electron chi connectivity index (χ0n) is 13.8. The van der Waals surface area contributed by atoms with Gasteiger partial charge in [0.05, 0.1) is 18.7 Å². The Morgan fingerprint density at radius 3 is 2.40 bits per heavy atom. The highest BCUT2D eigenvalue weighted by Crippen LogP contribution is 2.25. The number of nitrogens with one attached hydrogen (secondary N) is 1. The fourth-order valence-electron chi connectivity index (χ4n) is 2.01. The van der Waals surface area contributed by atoms with E-state index >= 15 is 0 Å². The van der Waals surface area contributed by atoms with E-state index in [1.54, 1.807) is 49.7 Å². The van der Waals surface area contributed by atoms with Crippen molar-refractivity contribution in [2.75, 3.05) is 14.2 Å². The molecule has 1 amide bonds. The molecule has 130 valence electrons. The van der Waals surface area contributed by atoms with Gasteiger partial charge < -0.3 is 19.9 Å². The molecule has 0 fully saturated rings. The van der Waals surface area contributed by atoms with Gasteiger partial charge in [-0.1, -0.05) is 18.2 Å². The summed E-state index contributed by atoms with van der Waals surface area (Å²) in [6.45, 7) is 0. The minimum Gasteiger partial charge on any atom is -0.508 e. The molecular weight excluding hydrogens is 386 g/mol. The van der Waals surface area contributed by atoms with Crippen LogP contribution in [0.3, 0.4) is 0 Å². The van der Waals surface area contributed by atoms with Gasteiger partial charge in [0.25, 0.3) is 5.91 Å². The van der Waals surface area contributed by atoms with Gasteiger partial charge >= 0.3 is 0 Å². The average Bonchev–Trinajstić information content (AvgIpc) is 2.61. The van der Waals surface area contributed by atoms with E-state index in [9.17, 15) is 9.90 Å². The smallest absolute Gasteiger partial charge is 0.290 e. The molecule has 0 aliphatic heterocycles. The Labute approximate surface area is 154 Å². The molecule has 0 saturated carbocycles. The summed E-state index contributed by atoms with van der Waals surface area (Å²) in [5, 5.41) is 11.9. The van der Waals surface area contributed by atoms with Crippen LogP contribution in [0, 0.1) is 0 Å². The predicted octanol–water partition coefficient (Wildman–Crippen LogP) is 3.94. The molecule has 0 aromatic heterocycles. The Morgan fingerprint density at radius 1 is 1.12 bits per heavy atom. The number of rotatable bonds is 6. The van der Waals surface area contributed by atoms with Crippen molar-refractivity contribution >= 4 is 34.0 Å². The Balaban J connectivity index is 2.04. The SMILES string of the molecule is CO/C(=C\c1ccc(O)cc1)C(=O)N/C=C/c1ccc(OC)c(Br)c1. The number of hydrogen-bond donors (Lipinski definition) is 2. The zero-order chi connectivity index (χ0) is 18.2. The second kappa shape index (κ2) is 8.94. The first-order chi connectivity index (χ1) is 12.0. The molecule has 0 spiro atoms. The lowest BCUT2D eigenvalue weighted by Crippen LogP contribution is -2.20. The van der Waals surface area contributed by atoms with Gasteiger partial charge in [-0.25, -0.2) is 0 Å². The maximum absolute atomic E-state index is 12.2. The molecule has 5 nitrogen and oxygen atoms in total. The molecule has 0 unspecified atom stereocenters. The van der Waals surface area contributed by atoms with Gasteiger partial charge in [0.2, 0.25) is 0 Å². The van der Waals surface area contributed by atoms with Crippen LogP contribution in [-0.2, 0) is 9.53 Å². The minimum atomic E-state index is -0.376. The van der Waals surface area contributed by atoms with Gasteiger partial charge in [-0.15, -0.1) is 0 Å².